The molecule has 26 heteroatoms. The Morgan fingerprint density at radius 1 is 0.581 bits per heavy atom. The van der Waals surface area contributed by atoms with E-state index >= 15 is 0 Å². The fourth-order valence-electron chi connectivity index (χ4n) is 7.83. The second-order valence-electron chi connectivity index (χ2n) is 18.3. The molecule has 0 saturated carbocycles. The van der Waals surface area contributed by atoms with Gasteiger partial charge in [-0.25, -0.2) is 4.57 Å². The van der Waals surface area contributed by atoms with E-state index in [0.29, 0.717) is 5.46 Å². The molecule has 3 aromatic heterocycles. The van der Waals surface area contributed by atoms with E-state index in [-0.39, 0.29) is 98.5 Å². The van der Waals surface area contributed by atoms with Crippen molar-refractivity contribution >= 4 is 93.5 Å². The molecule has 20 nitrogen and oxygen atoms in total. The number of rotatable bonds is 9. The molecule has 4 N–H and O–H groups in total. The van der Waals surface area contributed by atoms with Crippen LogP contribution in [0.25, 0.3) is 27.8 Å². The minimum absolute atomic E-state index is 0. The molecular weight excluding hydrogens is 1400 g/mol. The predicted octanol–water partition coefficient (Wildman–Crippen LogP) is 5.68. The molecule has 86 heavy (non-hydrogen) atoms. The van der Waals surface area contributed by atoms with E-state index in [2.05, 4.69) is 90.6 Å². The van der Waals surface area contributed by atoms with E-state index in [0.717, 1.165) is 63.4 Å². The number of likely N-dealkylation sites (tertiary alicyclic amines) is 1. The van der Waals surface area contributed by atoms with Gasteiger partial charge in [0.05, 0.1) is 19.7 Å². The summed E-state index contributed by atoms with van der Waals surface area (Å²) >= 11 is 5.32. The van der Waals surface area contributed by atoms with Crippen molar-refractivity contribution in [2.45, 2.75) is 32.6 Å². The number of aryl methyl sites for hydroxylation is 1. The maximum absolute atomic E-state index is 10.5. The van der Waals surface area contributed by atoms with Gasteiger partial charge in [-0.1, -0.05) is 64.2 Å². The van der Waals surface area contributed by atoms with Crippen molar-refractivity contribution in [3.63, 3.8) is 0 Å². The Morgan fingerprint density at radius 2 is 0.942 bits per heavy atom. The average Bonchev–Trinajstić information content (AvgIpc) is 3.61. The van der Waals surface area contributed by atoms with Gasteiger partial charge >= 0.3 is 36.7 Å². The molecule has 0 spiro atoms. The summed E-state index contributed by atoms with van der Waals surface area (Å²) < 4.78 is 2.78. The third-order valence-corrected chi connectivity index (χ3v) is 13.0. The molecule has 0 atom stereocenters. The van der Waals surface area contributed by atoms with Gasteiger partial charge in [-0.15, -0.1) is 0 Å². The largest absolute Gasteiger partial charge is 1.00 e. The topological polar surface area (TPSA) is 275 Å². The van der Waals surface area contributed by atoms with Gasteiger partial charge in [0.1, 0.15) is 7.05 Å². The van der Waals surface area contributed by atoms with E-state index in [1.54, 1.807) is 73.1 Å². The zero-order chi connectivity index (χ0) is 60.0. The van der Waals surface area contributed by atoms with Crippen LogP contribution in [0.5, 0.6) is 0 Å². The maximum atomic E-state index is 10.5. The first-order valence-corrected chi connectivity index (χ1v) is 28.4. The second-order valence-corrected chi connectivity index (χ2v) is 19.2. The van der Waals surface area contributed by atoms with Gasteiger partial charge in [0.25, 0.3) is 22.7 Å². The summed E-state index contributed by atoms with van der Waals surface area (Å²) in [5, 5.41) is 58.7. The van der Waals surface area contributed by atoms with E-state index in [4.69, 9.17) is 15.8 Å². The number of nitrogen functional groups attached to an aromatic ring is 1. The van der Waals surface area contributed by atoms with Crippen molar-refractivity contribution < 1.29 is 89.3 Å². The molecule has 0 aliphatic carbocycles. The first-order chi connectivity index (χ1) is 39.4. The number of nitrogens with zero attached hydrogens (tertiary/aromatic N) is 9. The number of benzene rings is 5. The molecular formula is C60H69B2BrI2N10NaO10. The van der Waals surface area contributed by atoms with E-state index in [1.165, 1.54) is 85.9 Å². The van der Waals surface area contributed by atoms with Crippen molar-refractivity contribution in [1.29, 1.82) is 0 Å². The van der Waals surface area contributed by atoms with Gasteiger partial charge < -0.3 is 51.0 Å². The van der Waals surface area contributed by atoms with Crippen molar-refractivity contribution in [3.05, 3.63) is 257 Å². The number of non-ortho nitro benzene ring substituents is 4. The zero-order valence-electron chi connectivity index (χ0n) is 48.6. The van der Waals surface area contributed by atoms with Crippen molar-refractivity contribution in [3.8, 4) is 22.3 Å². The number of hydrogen-bond donors (Lipinski definition) is 3. The van der Waals surface area contributed by atoms with Crippen molar-refractivity contribution in [1.82, 2.24) is 19.8 Å². The number of anilines is 1. The van der Waals surface area contributed by atoms with Gasteiger partial charge in [0.15, 0.2) is 12.4 Å². The number of nitro groups is 4. The maximum Gasteiger partial charge on any atom is 1.00 e. The first kappa shape index (κ1) is 79.6. The van der Waals surface area contributed by atoms with Crippen LogP contribution in [0.4, 0.5) is 28.4 Å². The van der Waals surface area contributed by atoms with Crippen LogP contribution in [0.3, 0.4) is 0 Å². The number of hydrogen-bond acceptors (Lipinski definition) is 15. The number of halogens is 3. The molecule has 2 aliphatic rings. The molecule has 3 radical (unpaired) electrons. The predicted molar refractivity (Wildman–Crippen MR) is 348 cm³/mol. The van der Waals surface area contributed by atoms with Crippen molar-refractivity contribution in [2.75, 3.05) is 50.9 Å². The van der Waals surface area contributed by atoms with Crippen LogP contribution >= 0.6 is 38.5 Å². The first-order valence-electron chi connectivity index (χ1n) is 25.4. The Labute approximate surface area is 567 Å². The van der Waals surface area contributed by atoms with Gasteiger partial charge in [0, 0.05) is 117 Å². The van der Waals surface area contributed by atoms with Gasteiger partial charge in [-0.05, 0) is 187 Å². The number of aromatic nitrogens is 3. The quantitative estimate of drug-likeness (QED) is 0.0298. The SMILES string of the molecule is C.CI.CN1CC=C(c2ccc([N+](=O)[O-])cc2)CC1.CN1CCC(c2ccc(N)cc2)CC1.C[n+]1ccc(-c2ccc([N+](=O)[O-])cc2)cc1.O=[N+]([O-])c1ccc(-c2ccncc2)cc1.O=[N+]([O-])c1ccc(Br)cc1.OB(O)c1ccncc1.[B].[H-].[I-].[Na+]. The Hall–Kier alpha value is -6.40. The number of likely N-dealkylation sites (N-methyl/N-ethyl adjacent to an activating group) is 1. The van der Waals surface area contributed by atoms with Crippen molar-refractivity contribution in [2.24, 2.45) is 7.05 Å². The molecule has 2 aliphatic heterocycles. The Morgan fingerprint density at radius 3 is 1.30 bits per heavy atom. The number of nitrogens with two attached hydrogens (primary N) is 1. The molecule has 1 fully saturated rings. The van der Waals surface area contributed by atoms with Crippen LogP contribution in [0.1, 0.15) is 45.2 Å². The Balaban J connectivity index is 0. The molecule has 0 unspecified atom stereocenters. The summed E-state index contributed by atoms with van der Waals surface area (Å²) in [6, 6.07) is 45.1. The minimum atomic E-state index is -1.38. The number of alkyl halides is 1. The van der Waals surface area contributed by atoms with Gasteiger partial charge in [-0.3, -0.25) is 50.4 Å². The summed E-state index contributed by atoms with van der Waals surface area (Å²) in [4.78, 5) is 54.2. The molecule has 0 bridgehead atoms. The van der Waals surface area contributed by atoms with E-state index in [9.17, 15) is 40.5 Å². The molecule has 0 amide bonds. The fourth-order valence-corrected chi connectivity index (χ4v) is 8.09. The molecule has 8 aromatic rings. The zero-order valence-corrected chi connectivity index (χ0v) is 55.5. The van der Waals surface area contributed by atoms with Crippen LogP contribution in [0, 0.1) is 40.5 Å². The number of pyridine rings is 3. The summed E-state index contributed by atoms with van der Waals surface area (Å²) in [5.74, 6) is 0.742. The normalized spacial score (nSPS) is 12.1. The van der Waals surface area contributed by atoms with Crippen LogP contribution < -0.4 is 69.3 Å². The molecule has 5 aromatic carbocycles. The fraction of sp³-hybridized carbons (Fsp3) is 0.217. The summed E-state index contributed by atoms with van der Waals surface area (Å²) in [6.07, 6.45) is 16.0. The third kappa shape index (κ3) is 28.9. The molecule has 10 rings (SSSR count). The van der Waals surface area contributed by atoms with E-state index in [1.807, 2.05) is 77.5 Å². The standard InChI is InChI=1S/C12H14N2O2.C12H11N2O2.C12H18N2.C11H8N2O2.C6H4BrNO2.C5H6BNO2.CH3I.CH4.B.HI.Na.H/c2*1-13-8-6-11(7-9-13)10-2-4-12(5-3-10)14(15)16;1-14-8-6-11(7-9-14)10-2-4-12(13)5-3-10;14-13(15)11-3-1-9(2-4-11)10-5-7-12-8-6-10;7-5-1-3-6(4-2-5)8(9)10;8-6(9)5-1-3-7-4-2-5;1-2;;;;;/h2-6H,7-9H2,1H3;2-9H,1H3;2-5,11H,6-9,13H2,1H3;1-8H;1-4H;1-4,8-9H;1H3;1H4;;1H;;/q;+1;;;;;;;;;+1;-1/p-1. The minimum Gasteiger partial charge on any atom is -1.00 e. The number of nitro benzene ring substituents is 4. The van der Waals surface area contributed by atoms with Crippen LogP contribution in [-0.2, 0) is 7.05 Å². The Bertz CT molecular complexity index is 3250. The Kier molecular flexibility index (Phi) is 40.0. The van der Waals surface area contributed by atoms with Crippen LogP contribution in [0.15, 0.2) is 205 Å². The van der Waals surface area contributed by atoms with Gasteiger partial charge in [0.2, 0.25) is 0 Å². The monoisotopic (exact) mass is 1470 g/mol. The molecule has 447 valence electrons. The van der Waals surface area contributed by atoms with E-state index < -0.39 is 21.9 Å². The summed E-state index contributed by atoms with van der Waals surface area (Å²) in [5.41, 5.74) is 15.3. The molecule has 1 saturated heterocycles. The molecule has 5 heterocycles. The summed E-state index contributed by atoms with van der Waals surface area (Å²) in [6.45, 7) is 4.43. The second kappa shape index (κ2) is 43.3. The average molecular weight is 1470 g/mol. The van der Waals surface area contributed by atoms with Gasteiger partial charge in [-0.2, -0.15) is 0 Å². The van der Waals surface area contributed by atoms with Crippen LogP contribution in [0.2, 0.25) is 0 Å². The van der Waals surface area contributed by atoms with Crippen LogP contribution in [-0.4, -0.2) is 110 Å². The smallest absolute Gasteiger partial charge is 1.00 e. The number of piperidine rings is 1. The third-order valence-electron chi connectivity index (χ3n) is 12.5. The summed E-state index contributed by atoms with van der Waals surface area (Å²) in [7, 11) is 4.84.